The quantitative estimate of drug-likeness (QED) is 0.654. The highest BCUT2D eigenvalue weighted by Crippen LogP contribution is 2.27. The van der Waals surface area contributed by atoms with Crippen molar-refractivity contribution in [3.63, 3.8) is 0 Å². The highest BCUT2D eigenvalue weighted by Gasteiger charge is 2.26. The summed E-state index contributed by atoms with van der Waals surface area (Å²) >= 11 is 3.42. The highest BCUT2D eigenvalue weighted by molar-refractivity contribution is 9.10. The van der Waals surface area contributed by atoms with E-state index in [0.717, 1.165) is 22.9 Å². The number of fused-ring (bicyclic) bond motifs is 1. The minimum absolute atomic E-state index is 0.0444. The van der Waals surface area contributed by atoms with Gasteiger partial charge in [-0.3, -0.25) is 9.36 Å². The third-order valence-electron chi connectivity index (χ3n) is 5.21. The smallest absolute Gasteiger partial charge is 0.407 e. The maximum absolute atomic E-state index is 13.3. The first kappa shape index (κ1) is 18.7. The van der Waals surface area contributed by atoms with Gasteiger partial charge in [-0.15, -0.1) is 0 Å². The number of rotatable bonds is 3. The van der Waals surface area contributed by atoms with Gasteiger partial charge in [0.2, 0.25) is 0 Å². The number of aryl methyl sites for hydroxylation is 1. The molecule has 1 N–H and O–H groups in total. The maximum Gasteiger partial charge on any atom is 0.407 e. The van der Waals surface area contributed by atoms with E-state index >= 15 is 0 Å². The number of hydrogen-bond donors (Lipinski definition) is 1. The van der Waals surface area contributed by atoms with Crippen LogP contribution in [0.15, 0.2) is 44.2 Å². The molecular weight excluding hydrogens is 426 g/mol. The van der Waals surface area contributed by atoms with Gasteiger partial charge in [-0.25, -0.2) is 9.78 Å². The minimum Gasteiger partial charge on any atom is -0.465 e. The van der Waals surface area contributed by atoms with Crippen molar-refractivity contribution < 1.29 is 14.3 Å². The molecule has 0 aliphatic carbocycles. The first-order valence-corrected chi connectivity index (χ1v) is 9.96. The summed E-state index contributed by atoms with van der Waals surface area (Å²) in [6, 6.07) is 7.26. The molecule has 8 heteroatoms. The molecule has 1 aliphatic rings. The molecule has 1 unspecified atom stereocenters. The Hall–Kier alpha value is -2.61. The predicted octanol–water partition coefficient (Wildman–Crippen LogP) is 4.12. The van der Waals surface area contributed by atoms with Crippen molar-refractivity contribution >= 4 is 32.9 Å². The fourth-order valence-electron chi connectivity index (χ4n) is 3.78. The van der Waals surface area contributed by atoms with Crippen LogP contribution in [0.5, 0.6) is 0 Å². The van der Waals surface area contributed by atoms with Crippen LogP contribution in [0.25, 0.3) is 22.5 Å². The van der Waals surface area contributed by atoms with Crippen LogP contribution < -0.4 is 5.56 Å². The van der Waals surface area contributed by atoms with Crippen molar-refractivity contribution in [1.29, 1.82) is 0 Å². The van der Waals surface area contributed by atoms with Crippen LogP contribution in [0, 0.1) is 12.8 Å². The Balaban J connectivity index is 1.83. The van der Waals surface area contributed by atoms with Crippen LogP contribution in [0.4, 0.5) is 4.79 Å². The van der Waals surface area contributed by atoms with Crippen LogP contribution in [0.1, 0.15) is 18.4 Å². The molecule has 0 bridgehead atoms. The van der Waals surface area contributed by atoms with Gasteiger partial charge in [0, 0.05) is 24.1 Å². The Bertz CT molecular complexity index is 1100. The molecule has 1 fully saturated rings. The molecule has 28 heavy (non-hydrogen) atoms. The molecule has 3 heterocycles. The van der Waals surface area contributed by atoms with Crippen LogP contribution in [-0.4, -0.2) is 38.7 Å². The lowest BCUT2D eigenvalue weighted by atomic mass is 9.98. The number of hydrogen-bond acceptors (Lipinski definition) is 4. The summed E-state index contributed by atoms with van der Waals surface area (Å²) < 4.78 is 8.07. The second-order valence-corrected chi connectivity index (χ2v) is 8.10. The average molecular weight is 446 g/mol. The monoisotopic (exact) mass is 445 g/mol. The van der Waals surface area contributed by atoms with Gasteiger partial charge in [0.25, 0.3) is 5.56 Å². The molecule has 1 aliphatic heterocycles. The largest absolute Gasteiger partial charge is 0.465 e. The maximum atomic E-state index is 13.3. The van der Waals surface area contributed by atoms with Crippen molar-refractivity contribution in [2.75, 3.05) is 13.1 Å². The molecule has 1 aromatic carbocycles. The number of halogens is 1. The Kier molecular flexibility index (Phi) is 4.97. The van der Waals surface area contributed by atoms with E-state index in [4.69, 9.17) is 9.40 Å². The number of furan rings is 1. The van der Waals surface area contributed by atoms with Crippen molar-refractivity contribution in [3.8, 4) is 11.6 Å². The number of carboxylic acid groups (broad SMARTS) is 1. The van der Waals surface area contributed by atoms with Crippen molar-refractivity contribution in [3.05, 3.63) is 50.9 Å². The molecule has 146 valence electrons. The number of aromatic nitrogens is 2. The number of benzene rings is 1. The van der Waals surface area contributed by atoms with E-state index < -0.39 is 6.09 Å². The van der Waals surface area contributed by atoms with Crippen molar-refractivity contribution in [1.82, 2.24) is 14.5 Å². The van der Waals surface area contributed by atoms with E-state index in [-0.39, 0.29) is 11.5 Å². The molecule has 1 amide bonds. The van der Waals surface area contributed by atoms with Crippen molar-refractivity contribution in [2.24, 2.45) is 5.92 Å². The fraction of sp³-hybridized carbons (Fsp3) is 0.350. The summed E-state index contributed by atoms with van der Waals surface area (Å²) in [6.45, 7) is 3.25. The molecule has 7 nitrogen and oxygen atoms in total. The molecule has 1 saturated heterocycles. The molecule has 4 rings (SSSR count). The second-order valence-electron chi connectivity index (χ2n) is 7.18. The zero-order chi connectivity index (χ0) is 19.8. The number of likely N-dealkylation sites (tertiary alicyclic amines) is 1. The van der Waals surface area contributed by atoms with Gasteiger partial charge in [0.1, 0.15) is 0 Å². The normalized spacial score (nSPS) is 17.2. The highest BCUT2D eigenvalue weighted by atomic mass is 79.9. The summed E-state index contributed by atoms with van der Waals surface area (Å²) in [6.07, 6.45) is 2.32. The topological polar surface area (TPSA) is 88.6 Å². The summed E-state index contributed by atoms with van der Waals surface area (Å²) in [4.78, 5) is 30.8. The standard InChI is InChI=1S/C20H20BrN3O4/c1-12-6-8-28-17(12)18-22-16-5-4-14(21)9-15(16)19(25)24(18)11-13-3-2-7-23(10-13)20(26)27/h4-6,8-9,13H,2-3,7,10-11H2,1H3,(H,26,27). The lowest BCUT2D eigenvalue weighted by Crippen LogP contribution is -2.41. The van der Waals surface area contributed by atoms with Crippen LogP contribution in [0.2, 0.25) is 0 Å². The molecule has 1 atom stereocenters. The average Bonchev–Trinajstić information content (AvgIpc) is 3.10. The zero-order valence-electron chi connectivity index (χ0n) is 15.4. The van der Waals surface area contributed by atoms with Gasteiger partial charge < -0.3 is 14.4 Å². The number of piperidine rings is 1. The summed E-state index contributed by atoms with van der Waals surface area (Å²) in [7, 11) is 0. The van der Waals surface area contributed by atoms with Crippen molar-refractivity contribution in [2.45, 2.75) is 26.3 Å². The Morgan fingerprint density at radius 3 is 2.93 bits per heavy atom. The summed E-state index contributed by atoms with van der Waals surface area (Å²) in [5, 5.41) is 9.84. The Morgan fingerprint density at radius 1 is 1.39 bits per heavy atom. The molecular formula is C20H20BrN3O4. The number of nitrogens with zero attached hydrogens (tertiary/aromatic N) is 3. The van der Waals surface area contributed by atoms with Gasteiger partial charge in [-0.05, 0) is 55.5 Å². The van der Waals surface area contributed by atoms with E-state index in [0.29, 0.717) is 42.1 Å². The van der Waals surface area contributed by atoms with Crippen LogP contribution in [-0.2, 0) is 6.54 Å². The fourth-order valence-corrected chi connectivity index (χ4v) is 4.14. The Morgan fingerprint density at radius 2 is 2.21 bits per heavy atom. The Labute approximate surface area is 169 Å². The molecule has 0 spiro atoms. The molecule has 3 aromatic rings. The second kappa shape index (κ2) is 7.43. The van der Waals surface area contributed by atoms with E-state index in [2.05, 4.69) is 15.9 Å². The van der Waals surface area contributed by atoms with Crippen LogP contribution >= 0.6 is 15.9 Å². The van der Waals surface area contributed by atoms with E-state index in [1.165, 1.54) is 4.90 Å². The van der Waals surface area contributed by atoms with E-state index in [9.17, 15) is 14.7 Å². The predicted molar refractivity (Wildman–Crippen MR) is 108 cm³/mol. The van der Waals surface area contributed by atoms with Gasteiger partial charge in [0.15, 0.2) is 11.6 Å². The number of amides is 1. The first-order valence-electron chi connectivity index (χ1n) is 9.16. The summed E-state index contributed by atoms with van der Waals surface area (Å²) in [5.74, 6) is 1.09. The van der Waals surface area contributed by atoms with Gasteiger partial charge in [-0.1, -0.05) is 15.9 Å². The van der Waals surface area contributed by atoms with Gasteiger partial charge >= 0.3 is 6.09 Å². The third kappa shape index (κ3) is 3.44. The minimum atomic E-state index is -0.917. The SMILES string of the molecule is Cc1ccoc1-c1nc2ccc(Br)cc2c(=O)n1CC1CCCN(C(=O)O)C1. The van der Waals surface area contributed by atoms with Crippen LogP contribution in [0.3, 0.4) is 0 Å². The molecule has 2 aromatic heterocycles. The summed E-state index contributed by atoms with van der Waals surface area (Å²) in [5.41, 5.74) is 1.35. The molecule has 0 saturated carbocycles. The van der Waals surface area contributed by atoms with E-state index in [1.54, 1.807) is 23.0 Å². The lowest BCUT2D eigenvalue weighted by Gasteiger charge is -2.31. The third-order valence-corrected chi connectivity index (χ3v) is 5.70. The first-order chi connectivity index (χ1) is 13.4. The van der Waals surface area contributed by atoms with Gasteiger partial charge in [0.05, 0.1) is 17.2 Å². The molecule has 0 radical (unpaired) electrons. The zero-order valence-corrected chi connectivity index (χ0v) is 17.0. The van der Waals surface area contributed by atoms with E-state index in [1.807, 2.05) is 19.1 Å². The van der Waals surface area contributed by atoms with Gasteiger partial charge in [-0.2, -0.15) is 0 Å². The lowest BCUT2D eigenvalue weighted by molar-refractivity contribution is 0.116. The number of carbonyl (C=O) groups is 1.